The van der Waals surface area contributed by atoms with E-state index in [-0.39, 0.29) is 0 Å². The molecule has 0 aliphatic rings. The van der Waals surface area contributed by atoms with Crippen molar-refractivity contribution in [3.05, 3.63) is 29.3 Å². The van der Waals surface area contributed by atoms with Crippen LogP contribution in [0.1, 0.15) is 37.8 Å². The van der Waals surface area contributed by atoms with Crippen molar-refractivity contribution in [2.24, 2.45) is 0 Å². The van der Waals surface area contributed by atoms with Crippen LogP contribution >= 0.6 is 0 Å². The lowest BCUT2D eigenvalue weighted by Crippen LogP contribution is -2.51. The number of carboxylic acid groups (broad SMARTS) is 1. The van der Waals surface area contributed by atoms with Crippen LogP contribution in [0.25, 0.3) is 0 Å². The molecule has 0 aromatic heterocycles. The second kappa shape index (κ2) is 5.42. The van der Waals surface area contributed by atoms with E-state index in [4.69, 9.17) is 0 Å². The highest BCUT2D eigenvalue weighted by atomic mass is 16.4. The normalized spacial score (nSPS) is 14.1. The van der Waals surface area contributed by atoms with Crippen LogP contribution in [0.4, 0.5) is 5.69 Å². The van der Waals surface area contributed by atoms with E-state index < -0.39 is 11.5 Å². The molecule has 0 heterocycles. The van der Waals surface area contributed by atoms with Crippen molar-refractivity contribution < 1.29 is 9.90 Å². The molecule has 1 unspecified atom stereocenters. The first-order valence-corrected chi connectivity index (χ1v) is 6.37. The second-order valence-electron chi connectivity index (χ2n) is 5.18. The van der Waals surface area contributed by atoms with Crippen molar-refractivity contribution in [1.82, 2.24) is 0 Å². The molecule has 0 aliphatic carbocycles. The number of hydrogen-bond donors (Lipinski definition) is 1. The highest BCUT2D eigenvalue weighted by Crippen LogP contribution is 2.29. The first-order valence-electron chi connectivity index (χ1n) is 6.37. The van der Waals surface area contributed by atoms with Gasteiger partial charge in [-0.2, -0.15) is 0 Å². The van der Waals surface area contributed by atoms with Crippen LogP contribution in [0.3, 0.4) is 0 Å². The van der Waals surface area contributed by atoms with E-state index in [1.165, 1.54) is 5.56 Å². The first-order chi connectivity index (χ1) is 8.32. The number of aliphatic carboxylic acids is 1. The van der Waals surface area contributed by atoms with Gasteiger partial charge in [0.15, 0.2) is 0 Å². The molecule has 18 heavy (non-hydrogen) atoms. The zero-order valence-corrected chi connectivity index (χ0v) is 11.9. The summed E-state index contributed by atoms with van der Waals surface area (Å²) >= 11 is 0. The number of rotatable bonds is 5. The maximum absolute atomic E-state index is 11.6. The van der Waals surface area contributed by atoms with Gasteiger partial charge in [-0.3, -0.25) is 0 Å². The summed E-state index contributed by atoms with van der Waals surface area (Å²) < 4.78 is 0. The van der Waals surface area contributed by atoms with Crippen LogP contribution in [-0.4, -0.2) is 23.7 Å². The van der Waals surface area contributed by atoms with E-state index in [0.29, 0.717) is 6.42 Å². The largest absolute Gasteiger partial charge is 0.480 e. The minimum atomic E-state index is -0.852. The van der Waals surface area contributed by atoms with Crippen LogP contribution in [0.15, 0.2) is 18.2 Å². The summed E-state index contributed by atoms with van der Waals surface area (Å²) in [6.07, 6.45) is 1.48. The number of hydrogen-bond acceptors (Lipinski definition) is 2. The summed E-state index contributed by atoms with van der Waals surface area (Å²) in [5.74, 6) is -0.771. The Kier molecular flexibility index (Phi) is 4.38. The van der Waals surface area contributed by atoms with Gasteiger partial charge in [0.2, 0.25) is 0 Å². The minimum absolute atomic E-state index is 0.631. The third kappa shape index (κ3) is 2.66. The van der Waals surface area contributed by atoms with Crippen LogP contribution in [-0.2, 0) is 4.79 Å². The van der Waals surface area contributed by atoms with Crippen molar-refractivity contribution >= 4 is 11.7 Å². The molecule has 1 aromatic carbocycles. The van der Waals surface area contributed by atoms with Gasteiger partial charge in [0.05, 0.1) is 0 Å². The Morgan fingerprint density at radius 2 is 2.00 bits per heavy atom. The topological polar surface area (TPSA) is 40.5 Å². The van der Waals surface area contributed by atoms with Crippen molar-refractivity contribution in [2.45, 2.75) is 46.1 Å². The van der Waals surface area contributed by atoms with Gasteiger partial charge in [0.25, 0.3) is 0 Å². The zero-order valence-electron chi connectivity index (χ0n) is 11.9. The average molecular weight is 249 g/mol. The highest BCUT2D eigenvalue weighted by Gasteiger charge is 2.37. The standard InChI is InChI=1S/C15H23NO2/c1-6-9-15(4,14(17)18)16(5)13-8-7-11(2)10-12(13)3/h7-8,10H,6,9H2,1-5H3,(H,17,18). The molecular formula is C15H23NO2. The average Bonchev–Trinajstić information content (AvgIpc) is 2.28. The fraction of sp³-hybridized carbons (Fsp3) is 0.533. The second-order valence-corrected chi connectivity index (χ2v) is 5.18. The lowest BCUT2D eigenvalue weighted by Gasteiger charge is -2.37. The monoisotopic (exact) mass is 249 g/mol. The molecule has 100 valence electrons. The van der Waals surface area contributed by atoms with E-state index in [1.54, 1.807) is 6.92 Å². The van der Waals surface area contributed by atoms with E-state index >= 15 is 0 Å². The van der Waals surface area contributed by atoms with Gasteiger partial charge in [0.1, 0.15) is 5.54 Å². The SMILES string of the molecule is CCCC(C)(C(=O)O)N(C)c1ccc(C)cc1C. The van der Waals surface area contributed by atoms with E-state index in [0.717, 1.165) is 17.7 Å². The minimum Gasteiger partial charge on any atom is -0.480 e. The molecule has 0 aliphatic heterocycles. The van der Waals surface area contributed by atoms with Crippen molar-refractivity contribution in [2.75, 3.05) is 11.9 Å². The van der Waals surface area contributed by atoms with E-state index in [2.05, 4.69) is 6.07 Å². The van der Waals surface area contributed by atoms with Crippen molar-refractivity contribution in [3.8, 4) is 0 Å². The molecule has 1 aromatic rings. The molecule has 3 nitrogen and oxygen atoms in total. The van der Waals surface area contributed by atoms with Crippen molar-refractivity contribution in [3.63, 3.8) is 0 Å². The fourth-order valence-corrected chi connectivity index (χ4v) is 2.35. The number of aryl methyl sites for hydroxylation is 2. The number of benzene rings is 1. The molecule has 1 rings (SSSR count). The highest BCUT2D eigenvalue weighted by molar-refractivity contribution is 5.83. The van der Waals surface area contributed by atoms with Crippen molar-refractivity contribution in [1.29, 1.82) is 0 Å². The van der Waals surface area contributed by atoms with Gasteiger partial charge in [-0.15, -0.1) is 0 Å². The molecule has 1 atom stereocenters. The molecule has 0 saturated heterocycles. The van der Waals surface area contributed by atoms with E-state index in [9.17, 15) is 9.90 Å². The molecule has 0 fully saturated rings. The molecule has 0 radical (unpaired) electrons. The molecule has 1 N–H and O–H groups in total. The quantitative estimate of drug-likeness (QED) is 0.869. The van der Waals surface area contributed by atoms with Crippen LogP contribution in [0, 0.1) is 13.8 Å². The molecule has 0 bridgehead atoms. The van der Waals surface area contributed by atoms with Gasteiger partial charge in [-0.05, 0) is 38.8 Å². The summed E-state index contributed by atoms with van der Waals surface area (Å²) in [4.78, 5) is 13.4. The Hall–Kier alpha value is -1.51. The summed E-state index contributed by atoms with van der Waals surface area (Å²) in [5.41, 5.74) is 2.44. The van der Waals surface area contributed by atoms with E-state index in [1.807, 2.05) is 44.9 Å². The van der Waals surface area contributed by atoms with Crippen LogP contribution < -0.4 is 4.90 Å². The Labute approximate surface area is 109 Å². The summed E-state index contributed by atoms with van der Waals surface area (Å²) in [5, 5.41) is 9.50. The summed E-state index contributed by atoms with van der Waals surface area (Å²) in [7, 11) is 1.86. The molecule has 0 amide bonds. The van der Waals surface area contributed by atoms with Crippen LogP contribution in [0.5, 0.6) is 0 Å². The van der Waals surface area contributed by atoms with Gasteiger partial charge < -0.3 is 10.0 Å². The first kappa shape index (κ1) is 14.6. The molecule has 0 saturated carbocycles. The van der Waals surface area contributed by atoms with Gasteiger partial charge >= 0.3 is 5.97 Å². The third-order valence-corrected chi connectivity index (χ3v) is 3.65. The van der Waals surface area contributed by atoms with Gasteiger partial charge in [-0.25, -0.2) is 4.79 Å². The predicted molar refractivity (Wildman–Crippen MR) is 75.3 cm³/mol. The summed E-state index contributed by atoms with van der Waals surface area (Å²) in [6, 6.07) is 6.11. The molecular weight excluding hydrogens is 226 g/mol. The zero-order chi connectivity index (χ0) is 13.9. The Morgan fingerprint density at radius 1 is 1.39 bits per heavy atom. The number of anilines is 1. The maximum Gasteiger partial charge on any atom is 0.329 e. The number of carbonyl (C=O) groups is 1. The lowest BCUT2D eigenvalue weighted by molar-refractivity contribution is -0.143. The fourth-order valence-electron chi connectivity index (χ4n) is 2.35. The Bertz CT molecular complexity index is 442. The number of carboxylic acids is 1. The molecule has 3 heteroatoms. The smallest absolute Gasteiger partial charge is 0.329 e. The lowest BCUT2D eigenvalue weighted by atomic mass is 9.93. The Morgan fingerprint density at radius 3 is 2.44 bits per heavy atom. The van der Waals surface area contributed by atoms with Crippen LogP contribution in [0.2, 0.25) is 0 Å². The number of nitrogens with zero attached hydrogens (tertiary/aromatic N) is 1. The maximum atomic E-state index is 11.6. The Balaban J connectivity index is 3.17. The predicted octanol–water partition coefficient (Wildman–Crippen LogP) is 3.38. The van der Waals surface area contributed by atoms with Gasteiger partial charge in [-0.1, -0.05) is 31.0 Å². The third-order valence-electron chi connectivity index (χ3n) is 3.65. The number of likely N-dealkylation sites (N-methyl/N-ethyl adjacent to an activating group) is 1. The summed E-state index contributed by atoms with van der Waals surface area (Å²) in [6.45, 7) is 7.86. The molecule has 0 spiro atoms. The van der Waals surface area contributed by atoms with Gasteiger partial charge in [0, 0.05) is 12.7 Å².